The molecular weight excluding hydrogens is 270 g/mol. The van der Waals surface area contributed by atoms with Crippen molar-refractivity contribution in [3.05, 3.63) is 29.5 Å². The van der Waals surface area contributed by atoms with Crippen LogP contribution in [0.25, 0.3) is 10.9 Å². The first-order valence-electron chi connectivity index (χ1n) is 7.04. The molecule has 1 saturated carbocycles. The predicted octanol–water partition coefficient (Wildman–Crippen LogP) is 3.10. The molecule has 5 nitrogen and oxygen atoms in total. The summed E-state index contributed by atoms with van der Waals surface area (Å²) in [5, 5.41) is 10.3. The van der Waals surface area contributed by atoms with Gasteiger partial charge in [-0.1, -0.05) is 0 Å². The summed E-state index contributed by atoms with van der Waals surface area (Å²) >= 11 is 0. The van der Waals surface area contributed by atoms with Crippen molar-refractivity contribution in [1.29, 1.82) is 0 Å². The number of carbonyl (C=O) groups excluding carboxylic acids is 1. The van der Waals surface area contributed by atoms with Crippen molar-refractivity contribution in [3.8, 4) is 5.75 Å². The first-order chi connectivity index (χ1) is 10.1. The molecule has 0 unspecified atom stereocenters. The minimum Gasteiger partial charge on any atom is -0.497 e. The van der Waals surface area contributed by atoms with Gasteiger partial charge in [-0.15, -0.1) is 0 Å². The van der Waals surface area contributed by atoms with Crippen LogP contribution in [0, 0.1) is 0 Å². The zero-order chi connectivity index (χ0) is 15.0. The zero-order valence-electron chi connectivity index (χ0n) is 11.8. The Hall–Kier alpha value is -2.30. The number of aromatic amines is 1. The summed E-state index contributed by atoms with van der Waals surface area (Å²) in [5.41, 5.74) is 1.83. The van der Waals surface area contributed by atoms with Crippen molar-refractivity contribution in [2.45, 2.75) is 31.6 Å². The average Bonchev–Trinajstić information content (AvgIpc) is 2.86. The van der Waals surface area contributed by atoms with Gasteiger partial charge in [0, 0.05) is 23.7 Å². The van der Waals surface area contributed by atoms with Crippen LogP contribution in [0.15, 0.2) is 18.2 Å². The Bertz CT molecular complexity index is 706. The fourth-order valence-corrected chi connectivity index (χ4v) is 3.14. The SMILES string of the molecule is COc1ccc2[nH]c(C(=O)O)c(C3CCC(=O)CC3)c2c1. The number of benzene rings is 1. The maximum Gasteiger partial charge on any atom is 0.352 e. The van der Waals surface area contributed by atoms with Crippen LogP contribution in [0.3, 0.4) is 0 Å². The minimum absolute atomic E-state index is 0.106. The summed E-state index contributed by atoms with van der Waals surface area (Å²) in [6.07, 6.45) is 2.48. The third kappa shape index (κ3) is 2.39. The Morgan fingerprint density at radius 3 is 2.67 bits per heavy atom. The monoisotopic (exact) mass is 287 g/mol. The quantitative estimate of drug-likeness (QED) is 0.909. The van der Waals surface area contributed by atoms with E-state index in [1.165, 1.54) is 0 Å². The highest BCUT2D eigenvalue weighted by Crippen LogP contribution is 2.38. The Morgan fingerprint density at radius 2 is 2.05 bits per heavy atom. The Morgan fingerprint density at radius 1 is 1.33 bits per heavy atom. The fourth-order valence-electron chi connectivity index (χ4n) is 3.14. The molecule has 2 aromatic rings. The molecule has 1 fully saturated rings. The number of carboxylic acids is 1. The number of rotatable bonds is 3. The van der Waals surface area contributed by atoms with Gasteiger partial charge in [-0.3, -0.25) is 4.79 Å². The van der Waals surface area contributed by atoms with E-state index in [0.29, 0.717) is 31.4 Å². The number of fused-ring (bicyclic) bond motifs is 1. The number of ketones is 1. The summed E-state index contributed by atoms with van der Waals surface area (Å²) in [6, 6.07) is 5.50. The van der Waals surface area contributed by atoms with Gasteiger partial charge in [-0.05, 0) is 42.5 Å². The summed E-state index contributed by atoms with van der Waals surface area (Å²) < 4.78 is 5.24. The number of Topliss-reactive ketones (excluding diaryl/α,β-unsaturated/α-hetero) is 1. The Kier molecular flexibility index (Phi) is 3.41. The van der Waals surface area contributed by atoms with E-state index in [-0.39, 0.29) is 17.4 Å². The number of aromatic nitrogens is 1. The molecule has 0 aliphatic heterocycles. The van der Waals surface area contributed by atoms with Gasteiger partial charge in [0.05, 0.1) is 7.11 Å². The molecule has 0 atom stereocenters. The van der Waals surface area contributed by atoms with Gasteiger partial charge < -0.3 is 14.8 Å². The lowest BCUT2D eigenvalue weighted by molar-refractivity contribution is -0.120. The van der Waals surface area contributed by atoms with Crippen molar-refractivity contribution in [2.24, 2.45) is 0 Å². The van der Waals surface area contributed by atoms with E-state index < -0.39 is 5.97 Å². The number of nitrogens with one attached hydrogen (secondary N) is 1. The minimum atomic E-state index is -0.961. The molecule has 21 heavy (non-hydrogen) atoms. The maximum atomic E-state index is 11.5. The average molecular weight is 287 g/mol. The van der Waals surface area contributed by atoms with E-state index in [4.69, 9.17) is 4.74 Å². The Balaban J connectivity index is 2.14. The highest BCUT2D eigenvalue weighted by molar-refractivity contribution is 5.98. The second-order valence-corrected chi connectivity index (χ2v) is 5.44. The fraction of sp³-hybridized carbons (Fsp3) is 0.375. The summed E-state index contributed by atoms with van der Waals surface area (Å²) in [6.45, 7) is 0. The zero-order valence-corrected chi connectivity index (χ0v) is 11.8. The molecule has 0 spiro atoms. The van der Waals surface area contributed by atoms with Crippen LogP contribution in [0.1, 0.15) is 47.7 Å². The molecule has 0 bridgehead atoms. The van der Waals surface area contributed by atoms with E-state index >= 15 is 0 Å². The molecule has 2 N–H and O–H groups in total. The van der Waals surface area contributed by atoms with Gasteiger partial charge >= 0.3 is 5.97 Å². The third-order valence-electron chi connectivity index (χ3n) is 4.21. The van der Waals surface area contributed by atoms with Crippen molar-refractivity contribution >= 4 is 22.7 Å². The number of aromatic carboxylic acids is 1. The largest absolute Gasteiger partial charge is 0.497 e. The number of hydrogen-bond donors (Lipinski definition) is 2. The number of carbonyl (C=O) groups is 2. The molecule has 110 valence electrons. The normalized spacial score (nSPS) is 16.3. The van der Waals surface area contributed by atoms with Crippen LogP contribution < -0.4 is 4.74 Å². The molecule has 5 heteroatoms. The van der Waals surface area contributed by atoms with Gasteiger partial charge in [0.2, 0.25) is 0 Å². The summed E-state index contributed by atoms with van der Waals surface area (Å²) in [7, 11) is 1.59. The molecule has 0 saturated heterocycles. The van der Waals surface area contributed by atoms with Crippen molar-refractivity contribution < 1.29 is 19.4 Å². The van der Waals surface area contributed by atoms with Gasteiger partial charge in [0.1, 0.15) is 17.2 Å². The highest BCUT2D eigenvalue weighted by atomic mass is 16.5. The van der Waals surface area contributed by atoms with Crippen LogP contribution in [0.4, 0.5) is 0 Å². The van der Waals surface area contributed by atoms with Crippen molar-refractivity contribution in [2.75, 3.05) is 7.11 Å². The molecular formula is C16H17NO4. The molecule has 3 rings (SSSR count). The third-order valence-corrected chi connectivity index (χ3v) is 4.21. The molecule has 0 radical (unpaired) electrons. The van der Waals surface area contributed by atoms with Crippen molar-refractivity contribution in [3.63, 3.8) is 0 Å². The standard InChI is InChI=1S/C16H17NO4/c1-21-11-6-7-13-12(8-11)14(15(17-13)16(19)20)9-2-4-10(18)5-3-9/h6-9,17H,2-5H2,1H3,(H,19,20). The predicted molar refractivity (Wildman–Crippen MR) is 78.0 cm³/mol. The van der Waals surface area contributed by atoms with E-state index in [1.807, 2.05) is 12.1 Å². The first-order valence-corrected chi connectivity index (χ1v) is 7.04. The van der Waals surface area contributed by atoms with Crippen LogP contribution in [0.5, 0.6) is 5.75 Å². The molecule has 1 aromatic heterocycles. The number of carboxylic acid groups (broad SMARTS) is 1. The highest BCUT2D eigenvalue weighted by Gasteiger charge is 2.28. The number of hydrogen-bond acceptors (Lipinski definition) is 3. The van der Waals surface area contributed by atoms with Crippen molar-refractivity contribution in [1.82, 2.24) is 4.98 Å². The van der Waals surface area contributed by atoms with Crippen LogP contribution in [0.2, 0.25) is 0 Å². The van der Waals surface area contributed by atoms with E-state index in [0.717, 1.165) is 16.5 Å². The maximum absolute atomic E-state index is 11.5. The van der Waals surface area contributed by atoms with Crippen LogP contribution in [-0.4, -0.2) is 29.0 Å². The van der Waals surface area contributed by atoms with Gasteiger partial charge in [-0.2, -0.15) is 0 Å². The topological polar surface area (TPSA) is 79.4 Å². The Labute approximate surface area is 121 Å². The summed E-state index contributed by atoms with van der Waals surface area (Å²) in [5.74, 6) is 0.110. The molecule has 1 heterocycles. The number of methoxy groups -OCH3 is 1. The van der Waals surface area contributed by atoms with E-state index in [9.17, 15) is 14.7 Å². The number of H-pyrrole nitrogens is 1. The second kappa shape index (κ2) is 5.24. The second-order valence-electron chi connectivity index (χ2n) is 5.44. The smallest absolute Gasteiger partial charge is 0.352 e. The van der Waals surface area contributed by atoms with Crippen LogP contribution >= 0.6 is 0 Å². The molecule has 0 amide bonds. The molecule has 1 aliphatic carbocycles. The molecule has 1 aliphatic rings. The van der Waals surface area contributed by atoms with E-state index in [1.54, 1.807) is 13.2 Å². The lowest BCUT2D eigenvalue weighted by Gasteiger charge is -2.21. The first kappa shape index (κ1) is 13.7. The lowest BCUT2D eigenvalue weighted by atomic mass is 9.82. The van der Waals surface area contributed by atoms with Crippen LogP contribution in [-0.2, 0) is 4.79 Å². The van der Waals surface area contributed by atoms with Gasteiger partial charge in [0.25, 0.3) is 0 Å². The van der Waals surface area contributed by atoms with Gasteiger partial charge in [0.15, 0.2) is 0 Å². The van der Waals surface area contributed by atoms with E-state index in [2.05, 4.69) is 4.98 Å². The molecule has 1 aromatic carbocycles. The number of ether oxygens (including phenoxy) is 1. The summed E-state index contributed by atoms with van der Waals surface area (Å²) in [4.78, 5) is 25.9. The lowest BCUT2D eigenvalue weighted by Crippen LogP contribution is -2.14. The van der Waals surface area contributed by atoms with Gasteiger partial charge in [-0.25, -0.2) is 4.79 Å².